The van der Waals surface area contributed by atoms with E-state index in [9.17, 15) is 4.79 Å². The first-order valence-electron chi connectivity index (χ1n) is 11.8. The Bertz CT molecular complexity index is 1680. The fourth-order valence-corrected chi connectivity index (χ4v) is 4.99. The summed E-state index contributed by atoms with van der Waals surface area (Å²) in [5.74, 6) is 2.63. The largest absolute Gasteiger partial charge is 0.454 e. The van der Waals surface area contributed by atoms with Gasteiger partial charge in [0, 0.05) is 23.7 Å². The Morgan fingerprint density at radius 1 is 0.667 bits per heavy atom. The molecule has 0 N–H and O–H groups in total. The molecule has 0 spiro atoms. The fraction of sp³-hybridized carbons (Fsp3) is 0.100. The van der Waals surface area contributed by atoms with Crippen LogP contribution in [-0.2, 0) is 6.42 Å². The molecule has 5 aromatic rings. The first-order valence-corrected chi connectivity index (χ1v) is 11.8. The molecule has 2 aliphatic heterocycles. The van der Waals surface area contributed by atoms with Crippen LogP contribution in [0.1, 0.15) is 11.1 Å². The van der Waals surface area contributed by atoms with E-state index >= 15 is 0 Å². The molecule has 0 bridgehead atoms. The second kappa shape index (κ2) is 8.20. The van der Waals surface area contributed by atoms with Crippen LogP contribution in [0.25, 0.3) is 27.8 Å². The summed E-state index contributed by atoms with van der Waals surface area (Å²) in [6, 6.07) is 29.6. The van der Waals surface area contributed by atoms with E-state index < -0.39 is 0 Å². The molecule has 0 amide bonds. The third-order valence-corrected chi connectivity index (χ3v) is 6.64. The minimum atomic E-state index is -0.0352. The zero-order valence-corrected chi connectivity index (χ0v) is 19.3. The molecule has 0 aliphatic carbocycles. The number of hydrogen-bond donors (Lipinski definition) is 0. The summed E-state index contributed by atoms with van der Waals surface area (Å²) < 4.78 is 24.6. The first kappa shape index (κ1) is 20.6. The van der Waals surface area contributed by atoms with E-state index in [0.717, 1.165) is 33.8 Å². The normalized spacial score (nSPS) is 13.3. The van der Waals surface area contributed by atoms with Gasteiger partial charge in [-0.25, -0.2) is 0 Å². The molecule has 6 nitrogen and oxygen atoms in total. The van der Waals surface area contributed by atoms with Crippen LogP contribution < -0.4 is 24.4 Å². The molecule has 2 aliphatic rings. The molecular formula is C30H21NO5. The van der Waals surface area contributed by atoms with Gasteiger partial charge in [-0.2, -0.15) is 0 Å². The van der Waals surface area contributed by atoms with Gasteiger partial charge in [0.05, 0.1) is 16.6 Å². The number of aromatic nitrogens is 1. The minimum Gasteiger partial charge on any atom is -0.454 e. The number of nitrogens with zero attached hydrogens (tertiary/aromatic N) is 1. The number of rotatable bonds is 4. The molecule has 6 heteroatoms. The van der Waals surface area contributed by atoms with Gasteiger partial charge in [-0.15, -0.1) is 0 Å². The lowest BCUT2D eigenvalue weighted by Crippen LogP contribution is -2.18. The Morgan fingerprint density at radius 3 is 2.06 bits per heavy atom. The third-order valence-electron chi connectivity index (χ3n) is 6.64. The van der Waals surface area contributed by atoms with Gasteiger partial charge in [-0.05, 0) is 41.5 Å². The Balaban J connectivity index is 1.57. The number of benzene rings is 4. The summed E-state index contributed by atoms with van der Waals surface area (Å²) in [4.78, 5) is 14.2. The van der Waals surface area contributed by atoms with E-state index in [-0.39, 0.29) is 19.0 Å². The summed E-state index contributed by atoms with van der Waals surface area (Å²) in [7, 11) is 0. The maximum absolute atomic E-state index is 14.2. The average molecular weight is 476 g/mol. The lowest BCUT2D eigenvalue weighted by Gasteiger charge is -2.22. The number of para-hydroxylation sites is 1. The number of fused-ring (bicyclic) bond motifs is 3. The molecule has 0 atom stereocenters. The molecule has 0 saturated carbocycles. The van der Waals surface area contributed by atoms with Crippen LogP contribution in [0.4, 0.5) is 0 Å². The Kier molecular flexibility index (Phi) is 4.70. The van der Waals surface area contributed by atoms with Crippen LogP contribution in [0.3, 0.4) is 0 Å². The molecule has 0 unspecified atom stereocenters. The second-order valence-corrected chi connectivity index (χ2v) is 8.78. The predicted molar refractivity (Wildman–Crippen MR) is 136 cm³/mol. The van der Waals surface area contributed by atoms with Gasteiger partial charge in [-0.1, -0.05) is 54.6 Å². The van der Waals surface area contributed by atoms with Gasteiger partial charge in [-0.3, -0.25) is 4.79 Å². The Hall–Kier alpha value is -4.71. The van der Waals surface area contributed by atoms with Crippen molar-refractivity contribution < 1.29 is 18.9 Å². The molecule has 4 aromatic carbocycles. The van der Waals surface area contributed by atoms with Crippen molar-refractivity contribution in [3.63, 3.8) is 0 Å². The maximum Gasteiger partial charge on any atom is 0.231 e. The zero-order chi connectivity index (χ0) is 24.1. The highest BCUT2D eigenvalue weighted by atomic mass is 16.7. The summed E-state index contributed by atoms with van der Waals surface area (Å²) in [5.41, 5.74) is 5.14. The standard InChI is InChI=1S/C30H21NO5/c32-30-22-15-27-28(36-18-35-27)16-24(22)31(21-9-5-2-6-10-21)29(20-7-3-1-4-8-20)23(30)13-19-11-12-25-26(14-19)34-17-33-25/h1-12,14-16H,13,17-18H2. The molecule has 7 rings (SSSR count). The van der Waals surface area contributed by atoms with Crippen molar-refractivity contribution in [1.82, 2.24) is 4.57 Å². The first-order chi connectivity index (χ1) is 17.8. The van der Waals surface area contributed by atoms with Crippen LogP contribution in [0.5, 0.6) is 23.0 Å². The highest BCUT2D eigenvalue weighted by Gasteiger charge is 2.24. The highest BCUT2D eigenvalue weighted by molar-refractivity contribution is 5.89. The van der Waals surface area contributed by atoms with E-state index in [1.54, 1.807) is 6.07 Å². The average Bonchev–Trinajstić information content (AvgIpc) is 3.59. The van der Waals surface area contributed by atoms with Gasteiger partial charge in [0.25, 0.3) is 0 Å². The van der Waals surface area contributed by atoms with Gasteiger partial charge in [0.15, 0.2) is 28.4 Å². The lowest BCUT2D eigenvalue weighted by atomic mass is 9.95. The molecule has 36 heavy (non-hydrogen) atoms. The smallest absolute Gasteiger partial charge is 0.231 e. The van der Waals surface area contributed by atoms with Crippen molar-refractivity contribution in [1.29, 1.82) is 0 Å². The van der Waals surface area contributed by atoms with E-state index in [4.69, 9.17) is 18.9 Å². The summed E-state index contributed by atoms with van der Waals surface area (Å²) in [6.07, 6.45) is 0.427. The van der Waals surface area contributed by atoms with Crippen LogP contribution in [-0.4, -0.2) is 18.2 Å². The molecule has 0 radical (unpaired) electrons. The van der Waals surface area contributed by atoms with Crippen molar-refractivity contribution in [3.05, 3.63) is 112 Å². The number of pyridine rings is 1. The molecule has 1 aromatic heterocycles. The zero-order valence-electron chi connectivity index (χ0n) is 19.3. The van der Waals surface area contributed by atoms with Crippen molar-refractivity contribution in [2.75, 3.05) is 13.6 Å². The van der Waals surface area contributed by atoms with Crippen LogP contribution in [0.15, 0.2) is 95.8 Å². The number of ether oxygens (including phenoxy) is 4. The van der Waals surface area contributed by atoms with Gasteiger partial charge < -0.3 is 23.5 Å². The van der Waals surface area contributed by atoms with Crippen molar-refractivity contribution in [2.24, 2.45) is 0 Å². The SMILES string of the molecule is O=c1c(Cc2ccc3c(c2)OCO3)c(-c2ccccc2)n(-c2ccccc2)c2cc3c(cc12)OCO3. The molecule has 3 heterocycles. The van der Waals surface area contributed by atoms with E-state index in [2.05, 4.69) is 4.57 Å². The Labute approximate surface area is 206 Å². The second-order valence-electron chi connectivity index (χ2n) is 8.78. The molecule has 0 saturated heterocycles. The van der Waals surface area contributed by atoms with Gasteiger partial charge >= 0.3 is 0 Å². The fourth-order valence-electron chi connectivity index (χ4n) is 4.99. The quantitative estimate of drug-likeness (QED) is 0.333. The van der Waals surface area contributed by atoms with Gasteiger partial charge in [0.1, 0.15) is 0 Å². The molecular weight excluding hydrogens is 454 g/mol. The molecule has 176 valence electrons. The van der Waals surface area contributed by atoms with E-state index in [0.29, 0.717) is 34.6 Å². The Morgan fingerprint density at radius 2 is 1.31 bits per heavy atom. The van der Waals surface area contributed by atoms with Crippen molar-refractivity contribution in [2.45, 2.75) is 6.42 Å². The monoisotopic (exact) mass is 475 g/mol. The minimum absolute atomic E-state index is 0.0352. The summed E-state index contributed by atoms with van der Waals surface area (Å²) in [5, 5.41) is 0.582. The third kappa shape index (κ3) is 3.30. The molecule has 0 fully saturated rings. The lowest BCUT2D eigenvalue weighted by molar-refractivity contribution is 0.173. The summed E-state index contributed by atoms with van der Waals surface area (Å²) >= 11 is 0. The van der Waals surface area contributed by atoms with E-state index in [1.807, 2.05) is 84.9 Å². The number of hydrogen-bond acceptors (Lipinski definition) is 5. The van der Waals surface area contributed by atoms with Crippen molar-refractivity contribution >= 4 is 10.9 Å². The van der Waals surface area contributed by atoms with Crippen LogP contribution in [0.2, 0.25) is 0 Å². The van der Waals surface area contributed by atoms with Gasteiger partial charge in [0.2, 0.25) is 13.6 Å². The van der Waals surface area contributed by atoms with E-state index in [1.165, 1.54) is 0 Å². The maximum atomic E-state index is 14.2. The summed E-state index contributed by atoms with van der Waals surface area (Å²) in [6.45, 7) is 0.346. The van der Waals surface area contributed by atoms with Crippen LogP contribution in [0, 0.1) is 0 Å². The highest BCUT2D eigenvalue weighted by Crippen LogP contribution is 2.39. The predicted octanol–water partition coefficient (Wildman–Crippen LogP) is 5.71. The topological polar surface area (TPSA) is 58.9 Å². The van der Waals surface area contributed by atoms with Crippen molar-refractivity contribution in [3.8, 4) is 39.9 Å². The van der Waals surface area contributed by atoms with Crippen LogP contribution >= 0.6 is 0 Å².